The Bertz CT molecular complexity index is 821. The number of hydrogen-bond acceptors (Lipinski definition) is 2. The van der Waals surface area contributed by atoms with Gasteiger partial charge < -0.3 is 10.2 Å². The number of aromatic carboxylic acids is 2. The molecule has 0 heterocycles. The van der Waals surface area contributed by atoms with Crippen molar-refractivity contribution in [2.75, 3.05) is 0 Å². The molecule has 4 heteroatoms. The second kappa shape index (κ2) is 8.84. The van der Waals surface area contributed by atoms with Crippen molar-refractivity contribution in [3.05, 3.63) is 46.0 Å². The van der Waals surface area contributed by atoms with E-state index < -0.39 is 11.9 Å². The molecule has 0 unspecified atom stereocenters. The van der Waals surface area contributed by atoms with E-state index in [-0.39, 0.29) is 5.56 Å². The van der Waals surface area contributed by atoms with Crippen molar-refractivity contribution in [2.45, 2.75) is 65.7 Å². The van der Waals surface area contributed by atoms with Crippen LogP contribution in [0.5, 0.6) is 0 Å². The molecule has 0 aromatic heterocycles. The number of benzene rings is 2. The molecule has 0 radical (unpaired) electrons. The molecular weight excluding hydrogens is 328 g/mol. The number of unbranched alkanes of at least 4 members (excludes halogenated alkanes) is 3. The molecule has 2 N–H and O–H groups in total. The molecule has 26 heavy (non-hydrogen) atoms. The van der Waals surface area contributed by atoms with Gasteiger partial charge in [-0.05, 0) is 65.3 Å². The maximum atomic E-state index is 12.1. The number of fused-ring (bicyclic) bond motifs is 1. The van der Waals surface area contributed by atoms with Crippen molar-refractivity contribution in [3.8, 4) is 0 Å². The zero-order valence-corrected chi connectivity index (χ0v) is 15.9. The Kier molecular flexibility index (Phi) is 6.78. The van der Waals surface area contributed by atoms with Gasteiger partial charge in [0.05, 0.1) is 11.1 Å². The summed E-state index contributed by atoms with van der Waals surface area (Å²) in [5, 5.41) is 20.6. The second-order valence-electron chi connectivity index (χ2n) is 6.70. The SMILES string of the molecule is CCCCCCc1c(CC)c(CC)c2cc(C(=O)O)ccc2c1C(=O)O. The molecule has 0 spiro atoms. The van der Waals surface area contributed by atoms with Gasteiger partial charge in [0.25, 0.3) is 0 Å². The van der Waals surface area contributed by atoms with Crippen LogP contribution in [0.4, 0.5) is 0 Å². The van der Waals surface area contributed by atoms with E-state index in [0.717, 1.165) is 67.0 Å². The largest absolute Gasteiger partial charge is 0.478 e. The molecular formula is C22H28O4. The zero-order chi connectivity index (χ0) is 19.3. The highest BCUT2D eigenvalue weighted by Gasteiger charge is 2.22. The van der Waals surface area contributed by atoms with Gasteiger partial charge in [0.1, 0.15) is 0 Å². The molecule has 0 saturated carbocycles. The summed E-state index contributed by atoms with van der Waals surface area (Å²) in [4.78, 5) is 23.5. The van der Waals surface area contributed by atoms with Gasteiger partial charge in [-0.25, -0.2) is 9.59 Å². The molecule has 2 rings (SSSR count). The first-order valence-electron chi connectivity index (χ1n) is 9.53. The van der Waals surface area contributed by atoms with Crippen LogP contribution >= 0.6 is 0 Å². The van der Waals surface area contributed by atoms with Crippen LogP contribution in [0.15, 0.2) is 18.2 Å². The predicted octanol–water partition coefficient (Wildman–Crippen LogP) is 5.48. The lowest BCUT2D eigenvalue weighted by Crippen LogP contribution is -2.11. The molecule has 0 fully saturated rings. The summed E-state index contributed by atoms with van der Waals surface area (Å²) in [7, 11) is 0. The normalized spacial score (nSPS) is 11.0. The summed E-state index contributed by atoms with van der Waals surface area (Å²) < 4.78 is 0. The fraction of sp³-hybridized carbons (Fsp3) is 0.455. The van der Waals surface area contributed by atoms with Crippen LogP contribution in [0.2, 0.25) is 0 Å². The minimum Gasteiger partial charge on any atom is -0.478 e. The van der Waals surface area contributed by atoms with Gasteiger partial charge in [-0.2, -0.15) is 0 Å². The van der Waals surface area contributed by atoms with Crippen molar-refractivity contribution in [1.29, 1.82) is 0 Å². The smallest absolute Gasteiger partial charge is 0.336 e. The van der Waals surface area contributed by atoms with E-state index in [1.807, 2.05) is 13.8 Å². The van der Waals surface area contributed by atoms with Crippen LogP contribution in [-0.2, 0) is 19.3 Å². The minimum atomic E-state index is -0.993. The van der Waals surface area contributed by atoms with Crippen molar-refractivity contribution in [1.82, 2.24) is 0 Å². The van der Waals surface area contributed by atoms with E-state index in [1.165, 1.54) is 6.07 Å². The van der Waals surface area contributed by atoms with Gasteiger partial charge in [-0.1, -0.05) is 46.1 Å². The van der Waals surface area contributed by atoms with Crippen LogP contribution in [0.3, 0.4) is 0 Å². The predicted molar refractivity (Wildman–Crippen MR) is 104 cm³/mol. The van der Waals surface area contributed by atoms with Crippen LogP contribution in [-0.4, -0.2) is 22.2 Å². The fourth-order valence-electron chi connectivity index (χ4n) is 3.88. The highest BCUT2D eigenvalue weighted by molar-refractivity contribution is 6.08. The molecule has 2 aromatic rings. The maximum Gasteiger partial charge on any atom is 0.336 e. The average Bonchev–Trinajstić information content (AvgIpc) is 2.62. The number of carboxylic acids is 2. The second-order valence-corrected chi connectivity index (χ2v) is 6.70. The van der Waals surface area contributed by atoms with Crippen LogP contribution in [0.25, 0.3) is 10.8 Å². The first-order chi connectivity index (χ1) is 12.5. The number of carboxylic acid groups (broad SMARTS) is 2. The van der Waals surface area contributed by atoms with Crippen molar-refractivity contribution < 1.29 is 19.8 Å². The number of carbonyl (C=O) groups is 2. The molecule has 0 amide bonds. The first kappa shape index (κ1) is 20.0. The van der Waals surface area contributed by atoms with Crippen molar-refractivity contribution in [2.24, 2.45) is 0 Å². The Morgan fingerprint density at radius 2 is 1.50 bits per heavy atom. The lowest BCUT2D eigenvalue weighted by Gasteiger charge is -2.20. The third-order valence-electron chi connectivity index (χ3n) is 5.09. The molecule has 0 aliphatic heterocycles. The molecule has 0 aliphatic rings. The fourth-order valence-corrected chi connectivity index (χ4v) is 3.88. The Hall–Kier alpha value is -2.36. The summed E-state index contributed by atoms with van der Waals surface area (Å²) in [5.41, 5.74) is 3.64. The van der Waals surface area contributed by atoms with E-state index in [2.05, 4.69) is 6.92 Å². The van der Waals surface area contributed by atoms with Crippen molar-refractivity contribution in [3.63, 3.8) is 0 Å². The number of hydrogen-bond donors (Lipinski definition) is 2. The number of aryl methyl sites for hydroxylation is 1. The molecule has 0 bridgehead atoms. The molecule has 0 atom stereocenters. The van der Waals surface area contributed by atoms with Gasteiger partial charge in [0, 0.05) is 0 Å². The average molecular weight is 356 g/mol. The van der Waals surface area contributed by atoms with E-state index in [0.29, 0.717) is 10.9 Å². The van der Waals surface area contributed by atoms with Crippen LogP contribution in [0.1, 0.15) is 83.9 Å². The number of rotatable bonds is 9. The third kappa shape index (κ3) is 3.90. The lowest BCUT2D eigenvalue weighted by atomic mass is 9.84. The Balaban J connectivity index is 2.75. The molecule has 0 aliphatic carbocycles. The summed E-state index contributed by atoms with van der Waals surface area (Å²) in [6.45, 7) is 6.25. The van der Waals surface area contributed by atoms with Gasteiger partial charge in [-0.3, -0.25) is 0 Å². The summed E-state index contributed by atoms with van der Waals surface area (Å²) >= 11 is 0. The minimum absolute atomic E-state index is 0.196. The van der Waals surface area contributed by atoms with E-state index in [9.17, 15) is 19.8 Å². The van der Waals surface area contributed by atoms with Gasteiger partial charge in [-0.15, -0.1) is 0 Å². The van der Waals surface area contributed by atoms with Gasteiger partial charge >= 0.3 is 11.9 Å². The monoisotopic (exact) mass is 356 g/mol. The van der Waals surface area contributed by atoms with Crippen molar-refractivity contribution >= 4 is 22.7 Å². The zero-order valence-electron chi connectivity index (χ0n) is 15.9. The lowest BCUT2D eigenvalue weighted by molar-refractivity contribution is 0.0687. The quantitative estimate of drug-likeness (QED) is 0.583. The molecule has 140 valence electrons. The van der Waals surface area contributed by atoms with Crippen LogP contribution in [0, 0.1) is 0 Å². The van der Waals surface area contributed by atoms with Gasteiger partial charge in [0.2, 0.25) is 0 Å². The summed E-state index contributed by atoms with van der Waals surface area (Å²) in [5.74, 6) is -1.92. The Morgan fingerprint density at radius 1 is 0.808 bits per heavy atom. The standard InChI is InChI=1S/C22H28O4/c1-4-7-8-9-10-17-15(5-2)16(6-3)19-13-14(21(23)24)11-12-18(19)20(17)22(25)26/h11-13H,4-10H2,1-3H3,(H,23,24)(H,25,26). The summed E-state index contributed by atoms with van der Waals surface area (Å²) in [6, 6.07) is 4.79. The first-order valence-corrected chi connectivity index (χ1v) is 9.53. The van der Waals surface area contributed by atoms with Crippen LogP contribution < -0.4 is 0 Å². The topological polar surface area (TPSA) is 74.6 Å². The van der Waals surface area contributed by atoms with Gasteiger partial charge in [0.15, 0.2) is 0 Å². The third-order valence-corrected chi connectivity index (χ3v) is 5.09. The van der Waals surface area contributed by atoms with E-state index in [1.54, 1.807) is 12.1 Å². The highest BCUT2D eigenvalue weighted by atomic mass is 16.4. The molecule has 2 aromatic carbocycles. The van der Waals surface area contributed by atoms with E-state index >= 15 is 0 Å². The Morgan fingerprint density at radius 3 is 2.04 bits per heavy atom. The highest BCUT2D eigenvalue weighted by Crippen LogP contribution is 2.34. The summed E-state index contributed by atoms with van der Waals surface area (Å²) in [6.07, 6.45) is 6.63. The Labute approximate surface area is 154 Å². The molecule has 0 saturated heterocycles. The maximum absolute atomic E-state index is 12.1. The van der Waals surface area contributed by atoms with E-state index in [4.69, 9.17) is 0 Å². The molecule has 4 nitrogen and oxygen atoms in total.